The van der Waals surface area contributed by atoms with Gasteiger partial charge in [-0.25, -0.2) is 4.79 Å². The summed E-state index contributed by atoms with van der Waals surface area (Å²) >= 11 is 0. The molecular formula is C14H15NO2. The summed E-state index contributed by atoms with van der Waals surface area (Å²) in [7, 11) is 1.41. The maximum Gasteiger partial charge on any atom is 0.328 e. The molecule has 3 heteroatoms. The van der Waals surface area contributed by atoms with Crippen LogP contribution in [-0.4, -0.2) is 19.1 Å². The van der Waals surface area contributed by atoms with E-state index in [-0.39, 0.29) is 12.0 Å². The van der Waals surface area contributed by atoms with Crippen molar-refractivity contribution in [3.63, 3.8) is 0 Å². The highest BCUT2D eigenvalue weighted by atomic mass is 16.5. The third-order valence-corrected chi connectivity index (χ3v) is 2.90. The summed E-state index contributed by atoms with van der Waals surface area (Å²) in [6.45, 7) is 0. The van der Waals surface area contributed by atoms with E-state index in [0.717, 1.165) is 24.1 Å². The molecule has 17 heavy (non-hydrogen) atoms. The first-order valence-corrected chi connectivity index (χ1v) is 5.65. The number of carbonyl (C=O) groups excluding carboxylic acids is 1. The number of benzene rings is 1. The fourth-order valence-corrected chi connectivity index (χ4v) is 1.80. The number of nitrogens with one attached hydrogen (secondary N) is 1. The lowest BCUT2D eigenvalue weighted by Crippen LogP contribution is -2.32. The summed E-state index contributed by atoms with van der Waals surface area (Å²) in [5.74, 6) is 2.75. The van der Waals surface area contributed by atoms with Crippen molar-refractivity contribution in [3.8, 4) is 12.3 Å². The molecule has 1 aliphatic rings. The Morgan fingerprint density at radius 3 is 2.94 bits per heavy atom. The molecule has 0 bridgehead atoms. The number of methoxy groups -OCH3 is 1. The molecule has 0 heterocycles. The normalized spacial score (nSPS) is 15.8. The molecule has 1 aliphatic carbocycles. The van der Waals surface area contributed by atoms with Crippen molar-refractivity contribution in [2.24, 2.45) is 5.92 Å². The number of terminal acetylenes is 1. The van der Waals surface area contributed by atoms with E-state index in [4.69, 9.17) is 11.2 Å². The Morgan fingerprint density at radius 1 is 1.59 bits per heavy atom. The molecule has 0 aromatic heterocycles. The molecule has 1 atom stereocenters. The van der Waals surface area contributed by atoms with Crippen molar-refractivity contribution in [2.75, 3.05) is 12.4 Å². The zero-order valence-electron chi connectivity index (χ0n) is 9.77. The van der Waals surface area contributed by atoms with E-state index in [1.54, 1.807) is 0 Å². The first-order chi connectivity index (χ1) is 8.24. The van der Waals surface area contributed by atoms with Crippen LogP contribution in [0.15, 0.2) is 24.3 Å². The lowest BCUT2D eigenvalue weighted by Gasteiger charge is -2.17. The Bertz CT molecular complexity index is 458. The van der Waals surface area contributed by atoms with Crippen molar-refractivity contribution >= 4 is 11.7 Å². The maximum atomic E-state index is 11.6. The molecule has 1 saturated carbocycles. The van der Waals surface area contributed by atoms with Crippen LogP contribution in [0.1, 0.15) is 18.4 Å². The Kier molecular flexibility index (Phi) is 3.34. The van der Waals surface area contributed by atoms with Crippen LogP contribution in [0, 0.1) is 18.3 Å². The van der Waals surface area contributed by atoms with E-state index in [1.807, 2.05) is 24.3 Å². The number of hydrogen-bond acceptors (Lipinski definition) is 3. The molecule has 88 valence electrons. The van der Waals surface area contributed by atoms with Gasteiger partial charge in [0.1, 0.15) is 6.04 Å². The second-order valence-electron chi connectivity index (χ2n) is 4.21. The number of ether oxygens (including phenoxy) is 1. The van der Waals surface area contributed by atoms with E-state index >= 15 is 0 Å². The first kappa shape index (κ1) is 11.5. The molecular weight excluding hydrogens is 214 g/mol. The van der Waals surface area contributed by atoms with Crippen molar-refractivity contribution in [1.82, 2.24) is 0 Å². The van der Waals surface area contributed by atoms with E-state index in [9.17, 15) is 4.79 Å². The van der Waals surface area contributed by atoms with Gasteiger partial charge in [0.2, 0.25) is 0 Å². The molecule has 0 saturated heterocycles. The van der Waals surface area contributed by atoms with Crippen LogP contribution in [0.4, 0.5) is 5.69 Å². The van der Waals surface area contributed by atoms with Crippen molar-refractivity contribution in [1.29, 1.82) is 0 Å². The van der Waals surface area contributed by atoms with Gasteiger partial charge < -0.3 is 10.1 Å². The molecule has 1 aromatic rings. The minimum Gasteiger partial charge on any atom is -0.467 e. The standard InChI is InChI=1S/C14H15NO2/c1-3-10-5-4-6-12(9-10)15-13(11-7-8-11)14(16)17-2/h1,4-6,9,11,13,15H,7-8H2,2H3. The number of esters is 1. The molecule has 0 aliphatic heterocycles. The van der Waals surface area contributed by atoms with Crippen LogP contribution < -0.4 is 5.32 Å². The van der Waals surface area contributed by atoms with Crippen LogP contribution in [-0.2, 0) is 9.53 Å². The Morgan fingerprint density at radius 2 is 2.35 bits per heavy atom. The van der Waals surface area contributed by atoms with Gasteiger partial charge in [0.15, 0.2) is 0 Å². The number of hydrogen-bond donors (Lipinski definition) is 1. The molecule has 0 spiro atoms. The minimum absolute atomic E-state index is 0.210. The van der Waals surface area contributed by atoms with Crippen LogP contribution >= 0.6 is 0 Å². The van der Waals surface area contributed by atoms with E-state index in [0.29, 0.717) is 5.92 Å². The molecule has 0 radical (unpaired) electrons. The van der Waals surface area contributed by atoms with Gasteiger partial charge >= 0.3 is 5.97 Å². The number of carbonyl (C=O) groups is 1. The van der Waals surface area contributed by atoms with Gasteiger partial charge in [-0.3, -0.25) is 0 Å². The Balaban J connectivity index is 2.11. The third kappa shape index (κ3) is 2.79. The average molecular weight is 229 g/mol. The fourth-order valence-electron chi connectivity index (χ4n) is 1.80. The second kappa shape index (κ2) is 4.92. The SMILES string of the molecule is C#Cc1cccc(NC(C(=O)OC)C2CC2)c1. The van der Waals surface area contributed by atoms with Gasteiger partial charge in [-0.05, 0) is 37.0 Å². The summed E-state index contributed by atoms with van der Waals surface area (Å²) in [5.41, 5.74) is 1.66. The largest absolute Gasteiger partial charge is 0.467 e. The van der Waals surface area contributed by atoms with Gasteiger partial charge in [0.05, 0.1) is 7.11 Å². The topological polar surface area (TPSA) is 38.3 Å². The Hall–Kier alpha value is -1.95. The van der Waals surface area contributed by atoms with Crippen LogP contribution in [0.3, 0.4) is 0 Å². The zero-order valence-corrected chi connectivity index (χ0v) is 9.77. The van der Waals surface area contributed by atoms with Crippen molar-refractivity contribution in [3.05, 3.63) is 29.8 Å². The molecule has 1 N–H and O–H groups in total. The highest BCUT2D eigenvalue weighted by Gasteiger charge is 2.36. The van der Waals surface area contributed by atoms with Crippen LogP contribution in [0.25, 0.3) is 0 Å². The van der Waals surface area contributed by atoms with Gasteiger partial charge in [-0.2, -0.15) is 0 Å². The molecule has 2 rings (SSSR count). The minimum atomic E-state index is -0.256. The van der Waals surface area contributed by atoms with Gasteiger partial charge in [0, 0.05) is 11.3 Å². The molecule has 0 amide bonds. The van der Waals surface area contributed by atoms with Gasteiger partial charge in [0.25, 0.3) is 0 Å². The van der Waals surface area contributed by atoms with E-state index in [2.05, 4.69) is 11.2 Å². The number of anilines is 1. The van der Waals surface area contributed by atoms with Gasteiger partial charge in [-0.1, -0.05) is 12.0 Å². The van der Waals surface area contributed by atoms with Crippen LogP contribution in [0.5, 0.6) is 0 Å². The summed E-state index contributed by atoms with van der Waals surface area (Å²) < 4.78 is 4.80. The van der Waals surface area contributed by atoms with Crippen molar-refractivity contribution in [2.45, 2.75) is 18.9 Å². The van der Waals surface area contributed by atoms with Crippen LogP contribution in [0.2, 0.25) is 0 Å². The lowest BCUT2D eigenvalue weighted by molar-refractivity contribution is -0.142. The van der Waals surface area contributed by atoms with E-state index < -0.39 is 0 Å². The maximum absolute atomic E-state index is 11.6. The second-order valence-corrected chi connectivity index (χ2v) is 4.21. The molecule has 1 fully saturated rings. The lowest BCUT2D eigenvalue weighted by atomic mass is 10.1. The predicted octanol–water partition coefficient (Wildman–Crippen LogP) is 2.03. The van der Waals surface area contributed by atoms with E-state index in [1.165, 1.54) is 7.11 Å². The zero-order chi connectivity index (χ0) is 12.3. The highest BCUT2D eigenvalue weighted by molar-refractivity contribution is 5.80. The summed E-state index contributed by atoms with van der Waals surface area (Å²) in [5, 5.41) is 3.20. The predicted molar refractivity (Wildman–Crippen MR) is 66.5 cm³/mol. The molecule has 3 nitrogen and oxygen atoms in total. The third-order valence-electron chi connectivity index (χ3n) is 2.90. The first-order valence-electron chi connectivity index (χ1n) is 5.65. The summed E-state index contributed by atoms with van der Waals surface area (Å²) in [6.07, 6.45) is 7.48. The summed E-state index contributed by atoms with van der Waals surface area (Å²) in [4.78, 5) is 11.6. The molecule has 1 aromatic carbocycles. The number of rotatable bonds is 4. The monoisotopic (exact) mass is 229 g/mol. The fraction of sp³-hybridized carbons (Fsp3) is 0.357. The quantitative estimate of drug-likeness (QED) is 0.634. The van der Waals surface area contributed by atoms with Gasteiger partial charge in [-0.15, -0.1) is 6.42 Å². The molecule has 1 unspecified atom stereocenters. The average Bonchev–Trinajstić information content (AvgIpc) is 3.19. The van der Waals surface area contributed by atoms with Crippen molar-refractivity contribution < 1.29 is 9.53 Å². The smallest absolute Gasteiger partial charge is 0.328 e. The summed E-state index contributed by atoms with van der Waals surface area (Å²) in [6, 6.07) is 7.24. The highest BCUT2D eigenvalue weighted by Crippen LogP contribution is 2.34. The Labute approximate surface area is 101 Å².